The van der Waals surface area contributed by atoms with E-state index in [1.165, 1.54) is 11.1 Å². The smallest absolute Gasteiger partial charge is 0.115 e. The Bertz CT molecular complexity index is 525. The molecule has 1 atom stereocenters. The molecule has 0 fully saturated rings. The molecule has 0 aliphatic heterocycles. The summed E-state index contributed by atoms with van der Waals surface area (Å²) in [5.41, 5.74) is 2.42. The monoisotopic (exact) mass is 338 g/mol. The molecule has 100 valence electrons. The van der Waals surface area contributed by atoms with Crippen molar-refractivity contribution in [3.63, 3.8) is 0 Å². The molecule has 2 rings (SSSR count). The van der Waals surface area contributed by atoms with Gasteiger partial charge in [-0.05, 0) is 48.1 Å². The van der Waals surface area contributed by atoms with Crippen LogP contribution in [0.1, 0.15) is 11.1 Å². The van der Waals surface area contributed by atoms with E-state index in [2.05, 4.69) is 22.0 Å². The van der Waals surface area contributed by atoms with Crippen LogP contribution in [0.2, 0.25) is 5.02 Å². The van der Waals surface area contributed by atoms with Crippen molar-refractivity contribution >= 4 is 27.5 Å². The third-order valence-electron chi connectivity index (χ3n) is 3.15. The van der Waals surface area contributed by atoms with Crippen molar-refractivity contribution < 1.29 is 5.11 Å². The van der Waals surface area contributed by atoms with E-state index >= 15 is 0 Å². The zero-order valence-corrected chi connectivity index (χ0v) is 12.9. The van der Waals surface area contributed by atoms with Crippen LogP contribution in [-0.4, -0.2) is 10.4 Å². The van der Waals surface area contributed by atoms with Gasteiger partial charge < -0.3 is 5.11 Å². The van der Waals surface area contributed by atoms with Crippen LogP contribution in [0.4, 0.5) is 0 Å². The summed E-state index contributed by atoms with van der Waals surface area (Å²) in [6, 6.07) is 15.4. The van der Waals surface area contributed by atoms with Crippen LogP contribution in [0.15, 0.2) is 48.5 Å². The third-order valence-corrected chi connectivity index (χ3v) is 4.43. The standard InChI is InChI=1S/C16H16BrClO/c17-11-13(9-12-5-7-15(19)8-6-12)10-14-3-1-2-4-16(14)18/h1-8,13,19H,9-11H2. The Morgan fingerprint density at radius 3 is 2.32 bits per heavy atom. The Morgan fingerprint density at radius 1 is 1.00 bits per heavy atom. The molecule has 0 amide bonds. The Kier molecular flexibility index (Phi) is 5.29. The van der Waals surface area contributed by atoms with Crippen molar-refractivity contribution in [1.29, 1.82) is 0 Å². The van der Waals surface area contributed by atoms with Gasteiger partial charge in [0.25, 0.3) is 0 Å². The first-order chi connectivity index (χ1) is 9.19. The molecule has 0 radical (unpaired) electrons. The number of phenols is 1. The topological polar surface area (TPSA) is 20.2 Å². The van der Waals surface area contributed by atoms with E-state index in [9.17, 15) is 5.11 Å². The number of benzene rings is 2. The van der Waals surface area contributed by atoms with Crippen molar-refractivity contribution in [1.82, 2.24) is 0 Å². The van der Waals surface area contributed by atoms with E-state index in [0.717, 1.165) is 23.2 Å². The van der Waals surface area contributed by atoms with Crippen molar-refractivity contribution in [3.05, 3.63) is 64.7 Å². The van der Waals surface area contributed by atoms with Crippen LogP contribution in [0.25, 0.3) is 0 Å². The van der Waals surface area contributed by atoms with Crippen molar-refractivity contribution in [2.24, 2.45) is 5.92 Å². The number of halogens is 2. The highest BCUT2D eigenvalue weighted by atomic mass is 79.9. The molecule has 2 aromatic carbocycles. The van der Waals surface area contributed by atoms with Crippen LogP contribution >= 0.6 is 27.5 Å². The van der Waals surface area contributed by atoms with Gasteiger partial charge in [-0.25, -0.2) is 0 Å². The van der Waals surface area contributed by atoms with Crippen LogP contribution in [0.5, 0.6) is 5.75 Å². The molecule has 0 heterocycles. The molecule has 1 unspecified atom stereocenters. The molecular weight excluding hydrogens is 324 g/mol. The number of aromatic hydroxyl groups is 1. The lowest BCUT2D eigenvalue weighted by atomic mass is 9.94. The van der Waals surface area contributed by atoms with Crippen LogP contribution < -0.4 is 0 Å². The molecule has 19 heavy (non-hydrogen) atoms. The molecule has 2 aromatic rings. The summed E-state index contributed by atoms with van der Waals surface area (Å²) < 4.78 is 0. The van der Waals surface area contributed by atoms with Gasteiger partial charge in [-0.3, -0.25) is 0 Å². The maximum absolute atomic E-state index is 9.29. The van der Waals surface area contributed by atoms with Crippen LogP contribution in [0, 0.1) is 5.92 Å². The predicted octanol–water partition coefficient (Wildman–Crippen LogP) is 4.84. The molecule has 0 saturated heterocycles. The third kappa shape index (κ3) is 4.26. The first-order valence-corrected chi connectivity index (χ1v) is 7.76. The molecule has 0 saturated carbocycles. The fourth-order valence-electron chi connectivity index (χ4n) is 2.12. The Morgan fingerprint density at radius 2 is 1.68 bits per heavy atom. The first kappa shape index (κ1) is 14.4. The second-order valence-electron chi connectivity index (χ2n) is 4.69. The van der Waals surface area contributed by atoms with Crippen LogP contribution in [-0.2, 0) is 12.8 Å². The molecular formula is C16H16BrClO. The number of rotatable bonds is 5. The van der Waals surface area contributed by atoms with Gasteiger partial charge in [0.05, 0.1) is 0 Å². The van der Waals surface area contributed by atoms with Gasteiger partial charge in [-0.15, -0.1) is 0 Å². The summed E-state index contributed by atoms with van der Waals surface area (Å²) in [5.74, 6) is 0.801. The first-order valence-electron chi connectivity index (χ1n) is 6.26. The summed E-state index contributed by atoms with van der Waals surface area (Å²) in [5, 5.41) is 11.1. The summed E-state index contributed by atoms with van der Waals surface area (Å²) >= 11 is 9.78. The predicted molar refractivity (Wildman–Crippen MR) is 84.3 cm³/mol. The maximum atomic E-state index is 9.29. The molecule has 3 heteroatoms. The summed E-state index contributed by atoms with van der Waals surface area (Å²) in [6.07, 6.45) is 1.92. The Labute approximate surface area is 127 Å². The largest absolute Gasteiger partial charge is 0.508 e. The minimum Gasteiger partial charge on any atom is -0.508 e. The van der Waals surface area contributed by atoms with Crippen molar-refractivity contribution in [2.75, 3.05) is 5.33 Å². The van der Waals surface area contributed by atoms with Gasteiger partial charge in [0.2, 0.25) is 0 Å². The van der Waals surface area contributed by atoms with Gasteiger partial charge in [0, 0.05) is 10.4 Å². The second-order valence-corrected chi connectivity index (χ2v) is 5.74. The van der Waals surface area contributed by atoms with Gasteiger partial charge in [-0.2, -0.15) is 0 Å². The minimum atomic E-state index is 0.310. The fraction of sp³-hybridized carbons (Fsp3) is 0.250. The lowest BCUT2D eigenvalue weighted by Gasteiger charge is -2.15. The summed E-state index contributed by atoms with van der Waals surface area (Å²) in [7, 11) is 0. The molecule has 0 spiro atoms. The minimum absolute atomic E-state index is 0.310. The van der Waals surface area contributed by atoms with E-state index in [-0.39, 0.29) is 0 Å². The fourth-order valence-corrected chi connectivity index (χ4v) is 2.79. The van der Waals surface area contributed by atoms with Crippen molar-refractivity contribution in [3.8, 4) is 5.75 Å². The number of phenolic OH excluding ortho intramolecular Hbond substituents is 1. The average molecular weight is 340 g/mol. The van der Waals surface area contributed by atoms with Crippen LogP contribution in [0.3, 0.4) is 0 Å². The zero-order chi connectivity index (χ0) is 13.7. The molecule has 1 nitrogen and oxygen atoms in total. The number of alkyl halides is 1. The lowest BCUT2D eigenvalue weighted by Crippen LogP contribution is -2.10. The normalized spacial score (nSPS) is 12.3. The SMILES string of the molecule is Oc1ccc(CC(CBr)Cc2ccccc2Cl)cc1. The second kappa shape index (κ2) is 6.97. The van der Waals surface area contributed by atoms with Gasteiger partial charge in [0.1, 0.15) is 5.75 Å². The highest BCUT2D eigenvalue weighted by molar-refractivity contribution is 9.09. The molecule has 0 aliphatic carbocycles. The molecule has 0 aromatic heterocycles. The maximum Gasteiger partial charge on any atom is 0.115 e. The quantitative estimate of drug-likeness (QED) is 0.773. The Balaban J connectivity index is 2.05. The van der Waals surface area contributed by atoms with E-state index in [0.29, 0.717) is 11.7 Å². The van der Waals surface area contributed by atoms with Gasteiger partial charge >= 0.3 is 0 Å². The van der Waals surface area contributed by atoms with E-state index in [1.807, 2.05) is 30.3 Å². The highest BCUT2D eigenvalue weighted by Gasteiger charge is 2.11. The zero-order valence-electron chi connectivity index (χ0n) is 10.5. The van der Waals surface area contributed by atoms with E-state index in [1.54, 1.807) is 12.1 Å². The Hall–Kier alpha value is -0.990. The summed E-state index contributed by atoms with van der Waals surface area (Å²) in [4.78, 5) is 0. The molecule has 0 bridgehead atoms. The number of hydrogen-bond acceptors (Lipinski definition) is 1. The highest BCUT2D eigenvalue weighted by Crippen LogP contribution is 2.23. The molecule has 0 aliphatic rings. The average Bonchev–Trinajstić information content (AvgIpc) is 2.43. The van der Waals surface area contributed by atoms with E-state index in [4.69, 9.17) is 11.6 Å². The van der Waals surface area contributed by atoms with Gasteiger partial charge in [0.15, 0.2) is 0 Å². The van der Waals surface area contributed by atoms with Gasteiger partial charge in [-0.1, -0.05) is 57.9 Å². The van der Waals surface area contributed by atoms with E-state index < -0.39 is 0 Å². The summed E-state index contributed by atoms with van der Waals surface area (Å²) in [6.45, 7) is 0. The lowest BCUT2D eigenvalue weighted by molar-refractivity contribution is 0.474. The van der Waals surface area contributed by atoms with Crippen molar-refractivity contribution in [2.45, 2.75) is 12.8 Å². The molecule has 1 N–H and O–H groups in total. The number of hydrogen-bond donors (Lipinski definition) is 1.